The van der Waals surface area contributed by atoms with Gasteiger partial charge in [-0.2, -0.15) is 0 Å². The van der Waals surface area contributed by atoms with Gasteiger partial charge in [0.25, 0.3) is 9.70 Å². The first-order chi connectivity index (χ1) is 9.79. The third-order valence-electron chi connectivity index (χ3n) is 3.66. The van der Waals surface area contributed by atoms with Gasteiger partial charge in [-0.25, -0.2) is 0 Å². The van der Waals surface area contributed by atoms with E-state index >= 15 is 0 Å². The molecule has 1 heterocycles. The van der Waals surface area contributed by atoms with E-state index in [1.807, 2.05) is 6.07 Å². The summed E-state index contributed by atoms with van der Waals surface area (Å²) in [4.78, 5) is 13.9. The zero-order valence-electron chi connectivity index (χ0n) is 11.7. The van der Waals surface area contributed by atoms with Crippen molar-refractivity contribution >= 4 is 57.8 Å². The van der Waals surface area contributed by atoms with E-state index in [1.54, 1.807) is 12.1 Å². The summed E-state index contributed by atoms with van der Waals surface area (Å²) >= 11 is 16.6. The van der Waals surface area contributed by atoms with Crippen LogP contribution in [0.3, 0.4) is 0 Å². The van der Waals surface area contributed by atoms with Crippen LogP contribution in [0.4, 0.5) is 17.1 Å². The van der Waals surface area contributed by atoms with E-state index in [4.69, 9.17) is 40.5 Å². The number of carbonyl (C=O) groups is 1. The van der Waals surface area contributed by atoms with Crippen molar-refractivity contribution in [3.05, 3.63) is 18.2 Å². The van der Waals surface area contributed by atoms with Crippen LogP contribution in [0.5, 0.6) is 0 Å². The Morgan fingerprint density at radius 3 is 2.67 bits per heavy atom. The Morgan fingerprint density at radius 1 is 1.38 bits per heavy atom. The number of hydrogen-bond donors (Lipinski definition) is 2. The highest BCUT2D eigenvalue weighted by molar-refractivity contribution is 6.76. The first kappa shape index (κ1) is 16.5. The molecule has 0 spiro atoms. The highest BCUT2D eigenvalue weighted by atomic mass is 35.6. The third kappa shape index (κ3) is 4.09. The van der Waals surface area contributed by atoms with E-state index in [1.165, 1.54) is 6.42 Å². The standard InChI is InChI=1S/C14H18Cl3N3O/c1-9-4-2-3-7-20(9)12-6-5-10(8-11(12)18)19-13(21)14(15,16)17/h5-6,8-9H,2-4,7,18H2,1H3,(H,19,21)/t9-/m0/s1. The molecule has 0 aliphatic carbocycles. The molecule has 1 fully saturated rings. The number of anilines is 3. The first-order valence-corrected chi connectivity index (χ1v) is 7.97. The fraction of sp³-hybridized carbons (Fsp3) is 0.500. The lowest BCUT2D eigenvalue weighted by atomic mass is 10.0. The molecular formula is C14H18Cl3N3O. The molecule has 0 radical (unpaired) electrons. The predicted molar refractivity (Wildman–Crippen MR) is 90.4 cm³/mol. The molecule has 1 aliphatic rings. The second-order valence-electron chi connectivity index (χ2n) is 5.26. The van der Waals surface area contributed by atoms with Gasteiger partial charge in [0, 0.05) is 18.3 Å². The molecule has 4 nitrogen and oxygen atoms in total. The van der Waals surface area contributed by atoms with E-state index in [0.717, 1.165) is 25.1 Å². The number of nitrogens with one attached hydrogen (secondary N) is 1. The smallest absolute Gasteiger partial charge is 0.276 e. The van der Waals surface area contributed by atoms with Gasteiger partial charge in [0.15, 0.2) is 0 Å². The Balaban J connectivity index is 2.16. The van der Waals surface area contributed by atoms with Gasteiger partial charge in [-0.3, -0.25) is 4.79 Å². The zero-order chi connectivity index (χ0) is 15.6. The number of piperidine rings is 1. The average molecular weight is 351 g/mol. The van der Waals surface area contributed by atoms with E-state index in [2.05, 4.69) is 17.1 Å². The van der Waals surface area contributed by atoms with Crippen LogP contribution >= 0.6 is 34.8 Å². The number of alkyl halides is 3. The Bertz CT molecular complexity index is 531. The van der Waals surface area contributed by atoms with E-state index in [0.29, 0.717) is 17.4 Å². The quantitative estimate of drug-likeness (QED) is 0.627. The molecule has 1 aliphatic heterocycles. The van der Waals surface area contributed by atoms with Gasteiger partial charge < -0.3 is 16.0 Å². The summed E-state index contributed by atoms with van der Waals surface area (Å²) in [6.45, 7) is 3.18. The SMILES string of the molecule is C[C@H]1CCCCN1c1ccc(NC(=O)C(Cl)(Cl)Cl)cc1N. The monoisotopic (exact) mass is 349 g/mol. The molecule has 2 rings (SSSR count). The molecule has 3 N–H and O–H groups in total. The number of rotatable bonds is 2. The Hall–Kier alpha value is -0.840. The number of halogens is 3. The molecular weight excluding hydrogens is 333 g/mol. The minimum Gasteiger partial charge on any atom is -0.397 e. The second-order valence-corrected chi connectivity index (χ2v) is 7.54. The lowest BCUT2D eigenvalue weighted by molar-refractivity contribution is -0.115. The van der Waals surface area contributed by atoms with Gasteiger partial charge in [-0.05, 0) is 44.4 Å². The molecule has 0 unspecified atom stereocenters. The van der Waals surface area contributed by atoms with Crippen molar-refractivity contribution in [3.8, 4) is 0 Å². The maximum atomic E-state index is 11.6. The molecule has 0 bridgehead atoms. The maximum Gasteiger partial charge on any atom is 0.276 e. The normalized spacial score (nSPS) is 19.4. The van der Waals surface area contributed by atoms with Gasteiger partial charge >= 0.3 is 0 Å². The Kier molecular flexibility index (Phi) is 5.12. The second kappa shape index (κ2) is 6.51. The lowest BCUT2D eigenvalue weighted by Crippen LogP contribution is -2.37. The van der Waals surface area contributed by atoms with Crippen molar-refractivity contribution < 1.29 is 4.79 Å². The summed E-state index contributed by atoms with van der Waals surface area (Å²) in [5.74, 6) is -0.703. The fourth-order valence-electron chi connectivity index (χ4n) is 2.55. The van der Waals surface area contributed by atoms with E-state index < -0.39 is 9.70 Å². The first-order valence-electron chi connectivity index (χ1n) is 6.83. The third-order valence-corrected chi connectivity index (χ3v) is 4.17. The predicted octanol–water partition coefficient (Wildman–Crippen LogP) is 3.96. The van der Waals surface area contributed by atoms with Crippen LogP contribution in [-0.4, -0.2) is 22.3 Å². The topological polar surface area (TPSA) is 58.4 Å². The number of nitrogens with zero attached hydrogens (tertiary/aromatic N) is 1. The van der Waals surface area contributed by atoms with Gasteiger partial charge in [-0.1, -0.05) is 34.8 Å². The van der Waals surface area contributed by atoms with Gasteiger partial charge in [0.2, 0.25) is 0 Å². The number of carbonyl (C=O) groups excluding carboxylic acids is 1. The summed E-state index contributed by atoms with van der Waals surface area (Å²) in [7, 11) is 0. The van der Waals surface area contributed by atoms with Crippen LogP contribution in [0.1, 0.15) is 26.2 Å². The van der Waals surface area contributed by atoms with Crippen molar-refractivity contribution in [1.29, 1.82) is 0 Å². The van der Waals surface area contributed by atoms with Gasteiger partial charge in [0.1, 0.15) is 0 Å². The minimum absolute atomic E-state index is 0.461. The van der Waals surface area contributed by atoms with Crippen LogP contribution in [-0.2, 0) is 4.79 Å². The number of hydrogen-bond acceptors (Lipinski definition) is 3. The van der Waals surface area contributed by atoms with Crippen molar-refractivity contribution in [2.24, 2.45) is 0 Å². The fourth-order valence-corrected chi connectivity index (χ4v) is 2.69. The van der Waals surface area contributed by atoms with Gasteiger partial charge in [0.05, 0.1) is 11.4 Å². The summed E-state index contributed by atoms with van der Waals surface area (Å²) in [6, 6.07) is 5.81. The van der Waals surface area contributed by atoms with Crippen molar-refractivity contribution in [3.63, 3.8) is 0 Å². The number of nitrogen functional groups attached to an aromatic ring is 1. The number of amides is 1. The largest absolute Gasteiger partial charge is 0.397 e. The molecule has 1 aromatic carbocycles. The van der Waals surface area contributed by atoms with Crippen molar-refractivity contribution in [1.82, 2.24) is 0 Å². The average Bonchev–Trinajstić information content (AvgIpc) is 2.39. The lowest BCUT2D eigenvalue weighted by Gasteiger charge is -2.36. The van der Waals surface area contributed by atoms with Crippen LogP contribution < -0.4 is 16.0 Å². The molecule has 21 heavy (non-hydrogen) atoms. The number of nitrogens with two attached hydrogens (primary N) is 1. The molecule has 1 saturated heterocycles. The molecule has 1 aromatic rings. The highest BCUT2D eigenvalue weighted by Crippen LogP contribution is 2.33. The number of benzene rings is 1. The molecule has 7 heteroatoms. The van der Waals surface area contributed by atoms with Crippen LogP contribution in [0.2, 0.25) is 0 Å². The van der Waals surface area contributed by atoms with Crippen molar-refractivity contribution in [2.45, 2.75) is 36.0 Å². The van der Waals surface area contributed by atoms with Crippen molar-refractivity contribution in [2.75, 3.05) is 22.5 Å². The summed E-state index contributed by atoms with van der Waals surface area (Å²) in [5.41, 5.74) is 8.20. The summed E-state index contributed by atoms with van der Waals surface area (Å²) in [5, 5.41) is 2.53. The van der Waals surface area contributed by atoms with E-state index in [-0.39, 0.29) is 0 Å². The Morgan fingerprint density at radius 2 is 2.10 bits per heavy atom. The maximum absolute atomic E-state index is 11.6. The van der Waals surface area contributed by atoms with Crippen LogP contribution in [0, 0.1) is 0 Å². The Labute approximate surface area is 139 Å². The highest BCUT2D eigenvalue weighted by Gasteiger charge is 2.30. The van der Waals surface area contributed by atoms with Crippen LogP contribution in [0.15, 0.2) is 18.2 Å². The molecule has 1 amide bonds. The molecule has 0 saturated carbocycles. The van der Waals surface area contributed by atoms with Crippen LogP contribution in [0.25, 0.3) is 0 Å². The summed E-state index contributed by atoms with van der Waals surface area (Å²) < 4.78 is -1.99. The molecule has 0 aromatic heterocycles. The minimum atomic E-state index is -1.99. The molecule has 116 valence electrons. The zero-order valence-corrected chi connectivity index (χ0v) is 14.0. The van der Waals surface area contributed by atoms with E-state index in [9.17, 15) is 4.79 Å². The molecule has 1 atom stereocenters. The summed E-state index contributed by atoms with van der Waals surface area (Å²) in [6.07, 6.45) is 3.57. The van der Waals surface area contributed by atoms with Gasteiger partial charge in [-0.15, -0.1) is 0 Å².